The SMILES string of the molecule is Cc1ccc(C(CO)NC(C)C)c(C)c1. The van der Waals surface area contributed by atoms with Crippen LogP contribution in [0.5, 0.6) is 0 Å². The van der Waals surface area contributed by atoms with Gasteiger partial charge in [0.1, 0.15) is 0 Å². The van der Waals surface area contributed by atoms with Crippen LogP contribution in [0.4, 0.5) is 0 Å². The van der Waals surface area contributed by atoms with Gasteiger partial charge in [-0.05, 0) is 25.0 Å². The van der Waals surface area contributed by atoms with Gasteiger partial charge in [-0.3, -0.25) is 0 Å². The number of aliphatic hydroxyl groups is 1. The lowest BCUT2D eigenvalue weighted by molar-refractivity contribution is 0.237. The van der Waals surface area contributed by atoms with E-state index in [-0.39, 0.29) is 12.6 Å². The van der Waals surface area contributed by atoms with E-state index in [9.17, 15) is 5.11 Å². The van der Waals surface area contributed by atoms with Crippen LogP contribution in [-0.2, 0) is 0 Å². The molecular formula is C13H21NO. The van der Waals surface area contributed by atoms with E-state index in [0.717, 1.165) is 0 Å². The Hall–Kier alpha value is -0.860. The Kier molecular flexibility index (Phi) is 4.30. The summed E-state index contributed by atoms with van der Waals surface area (Å²) < 4.78 is 0. The Morgan fingerprint density at radius 3 is 2.40 bits per heavy atom. The van der Waals surface area contributed by atoms with Crippen molar-refractivity contribution in [2.75, 3.05) is 6.61 Å². The van der Waals surface area contributed by atoms with Gasteiger partial charge in [0, 0.05) is 6.04 Å². The molecule has 2 heteroatoms. The third kappa shape index (κ3) is 3.33. The maximum Gasteiger partial charge on any atom is 0.0626 e. The normalized spacial score (nSPS) is 13.2. The second-order valence-corrected chi connectivity index (χ2v) is 4.42. The van der Waals surface area contributed by atoms with E-state index >= 15 is 0 Å². The Morgan fingerprint density at radius 1 is 1.27 bits per heavy atom. The smallest absolute Gasteiger partial charge is 0.0626 e. The first kappa shape index (κ1) is 12.2. The van der Waals surface area contributed by atoms with Gasteiger partial charge in [0.15, 0.2) is 0 Å². The first-order valence-corrected chi connectivity index (χ1v) is 5.48. The third-order valence-corrected chi connectivity index (χ3v) is 2.52. The van der Waals surface area contributed by atoms with Crippen molar-refractivity contribution in [1.82, 2.24) is 5.32 Å². The van der Waals surface area contributed by atoms with Crippen molar-refractivity contribution in [2.45, 2.75) is 39.8 Å². The van der Waals surface area contributed by atoms with Crippen LogP contribution in [0.15, 0.2) is 18.2 Å². The van der Waals surface area contributed by atoms with Gasteiger partial charge in [-0.15, -0.1) is 0 Å². The summed E-state index contributed by atoms with van der Waals surface area (Å²) >= 11 is 0. The molecule has 1 aromatic carbocycles. The van der Waals surface area contributed by atoms with E-state index in [1.54, 1.807) is 0 Å². The maximum atomic E-state index is 9.36. The molecule has 0 aliphatic rings. The molecule has 1 aromatic rings. The first-order valence-electron chi connectivity index (χ1n) is 5.48. The van der Waals surface area contributed by atoms with Crippen molar-refractivity contribution < 1.29 is 5.11 Å². The predicted molar refractivity (Wildman–Crippen MR) is 64.0 cm³/mol. The van der Waals surface area contributed by atoms with E-state index in [1.165, 1.54) is 16.7 Å². The lowest BCUT2D eigenvalue weighted by atomic mass is 9.99. The molecule has 0 heterocycles. The predicted octanol–water partition coefficient (Wildman–Crippen LogP) is 2.33. The van der Waals surface area contributed by atoms with Gasteiger partial charge in [0.2, 0.25) is 0 Å². The molecule has 0 spiro atoms. The molecule has 0 amide bonds. The van der Waals surface area contributed by atoms with E-state index in [0.29, 0.717) is 6.04 Å². The molecule has 0 saturated heterocycles. The standard InChI is InChI=1S/C13H21NO/c1-9(2)14-13(8-15)12-6-5-10(3)7-11(12)4/h5-7,9,13-15H,8H2,1-4H3. The van der Waals surface area contributed by atoms with Gasteiger partial charge >= 0.3 is 0 Å². The number of benzene rings is 1. The summed E-state index contributed by atoms with van der Waals surface area (Å²) in [5, 5.41) is 12.7. The average molecular weight is 207 g/mol. The number of aryl methyl sites for hydroxylation is 2. The highest BCUT2D eigenvalue weighted by Gasteiger charge is 2.13. The van der Waals surface area contributed by atoms with Gasteiger partial charge in [-0.25, -0.2) is 0 Å². The van der Waals surface area contributed by atoms with Crippen LogP contribution in [0.1, 0.15) is 36.6 Å². The third-order valence-electron chi connectivity index (χ3n) is 2.52. The number of aliphatic hydroxyl groups excluding tert-OH is 1. The Labute approximate surface area is 92.3 Å². The molecule has 15 heavy (non-hydrogen) atoms. The van der Waals surface area contributed by atoms with Gasteiger partial charge in [0.05, 0.1) is 12.6 Å². The van der Waals surface area contributed by atoms with Crippen LogP contribution in [0.2, 0.25) is 0 Å². The minimum absolute atomic E-state index is 0.0469. The molecule has 84 valence electrons. The van der Waals surface area contributed by atoms with Crippen molar-refractivity contribution in [3.63, 3.8) is 0 Å². The van der Waals surface area contributed by atoms with E-state index in [1.807, 2.05) is 0 Å². The molecule has 2 nitrogen and oxygen atoms in total. The van der Waals surface area contributed by atoms with Crippen LogP contribution < -0.4 is 5.32 Å². The van der Waals surface area contributed by atoms with Crippen LogP contribution >= 0.6 is 0 Å². The van der Waals surface area contributed by atoms with Gasteiger partial charge in [-0.1, -0.05) is 37.6 Å². The van der Waals surface area contributed by atoms with E-state index in [4.69, 9.17) is 0 Å². The highest BCUT2D eigenvalue weighted by Crippen LogP contribution is 2.19. The first-order chi connectivity index (χ1) is 7.04. The van der Waals surface area contributed by atoms with Crippen molar-refractivity contribution in [3.05, 3.63) is 34.9 Å². The summed E-state index contributed by atoms with van der Waals surface area (Å²) in [4.78, 5) is 0. The van der Waals surface area contributed by atoms with Gasteiger partial charge in [0.25, 0.3) is 0 Å². The fourth-order valence-electron chi connectivity index (χ4n) is 1.86. The summed E-state index contributed by atoms with van der Waals surface area (Å²) in [6, 6.07) is 6.77. The summed E-state index contributed by atoms with van der Waals surface area (Å²) in [5.74, 6) is 0. The second kappa shape index (κ2) is 5.29. The number of nitrogens with one attached hydrogen (secondary N) is 1. The molecule has 0 aliphatic carbocycles. The highest BCUT2D eigenvalue weighted by molar-refractivity contribution is 5.32. The monoisotopic (exact) mass is 207 g/mol. The Bertz CT molecular complexity index is 320. The number of hydrogen-bond donors (Lipinski definition) is 2. The lowest BCUT2D eigenvalue weighted by Gasteiger charge is -2.21. The minimum Gasteiger partial charge on any atom is -0.394 e. The van der Waals surface area contributed by atoms with Crippen molar-refractivity contribution >= 4 is 0 Å². The van der Waals surface area contributed by atoms with Crippen molar-refractivity contribution in [1.29, 1.82) is 0 Å². The van der Waals surface area contributed by atoms with Crippen LogP contribution in [0, 0.1) is 13.8 Å². The Morgan fingerprint density at radius 2 is 1.93 bits per heavy atom. The second-order valence-electron chi connectivity index (χ2n) is 4.42. The van der Waals surface area contributed by atoms with Crippen molar-refractivity contribution in [2.24, 2.45) is 0 Å². The highest BCUT2D eigenvalue weighted by atomic mass is 16.3. The zero-order chi connectivity index (χ0) is 11.4. The zero-order valence-corrected chi connectivity index (χ0v) is 10.0. The number of hydrogen-bond acceptors (Lipinski definition) is 2. The molecule has 0 aromatic heterocycles. The molecular weight excluding hydrogens is 186 g/mol. The van der Waals surface area contributed by atoms with Crippen molar-refractivity contribution in [3.8, 4) is 0 Å². The van der Waals surface area contributed by atoms with Crippen LogP contribution in [-0.4, -0.2) is 17.8 Å². The number of rotatable bonds is 4. The van der Waals surface area contributed by atoms with Crippen LogP contribution in [0.3, 0.4) is 0 Å². The molecule has 1 rings (SSSR count). The molecule has 1 atom stereocenters. The maximum absolute atomic E-state index is 9.36. The molecule has 0 fully saturated rings. The summed E-state index contributed by atoms with van der Waals surface area (Å²) in [6.45, 7) is 8.49. The fraction of sp³-hybridized carbons (Fsp3) is 0.538. The summed E-state index contributed by atoms with van der Waals surface area (Å²) in [5.41, 5.74) is 3.69. The largest absolute Gasteiger partial charge is 0.394 e. The fourth-order valence-corrected chi connectivity index (χ4v) is 1.86. The van der Waals surface area contributed by atoms with E-state index < -0.39 is 0 Å². The molecule has 0 saturated carbocycles. The quantitative estimate of drug-likeness (QED) is 0.794. The van der Waals surface area contributed by atoms with Gasteiger partial charge in [-0.2, -0.15) is 0 Å². The molecule has 1 unspecified atom stereocenters. The molecule has 0 radical (unpaired) electrons. The Balaban J connectivity index is 2.91. The topological polar surface area (TPSA) is 32.3 Å². The van der Waals surface area contributed by atoms with E-state index in [2.05, 4.69) is 51.2 Å². The minimum atomic E-state index is 0.0469. The summed E-state index contributed by atoms with van der Waals surface area (Å²) in [6.07, 6.45) is 0. The summed E-state index contributed by atoms with van der Waals surface area (Å²) in [7, 11) is 0. The van der Waals surface area contributed by atoms with Gasteiger partial charge < -0.3 is 10.4 Å². The molecule has 0 bridgehead atoms. The average Bonchev–Trinajstić information content (AvgIpc) is 2.14. The zero-order valence-electron chi connectivity index (χ0n) is 10.0. The van der Waals surface area contributed by atoms with Crippen LogP contribution in [0.25, 0.3) is 0 Å². The molecule has 2 N–H and O–H groups in total. The lowest BCUT2D eigenvalue weighted by Crippen LogP contribution is -2.30. The molecule has 0 aliphatic heterocycles.